The van der Waals surface area contributed by atoms with Crippen molar-refractivity contribution in [3.05, 3.63) is 31.9 Å². The third kappa shape index (κ3) is 2.12. The van der Waals surface area contributed by atoms with E-state index in [9.17, 15) is 0 Å². The molecule has 62 valence electrons. The smallest absolute Gasteiger partial charge is 0.101 e. The number of nitrogens with zero attached hydrogens (tertiary/aromatic N) is 1. The van der Waals surface area contributed by atoms with E-state index in [4.69, 9.17) is 16.9 Å². The zero-order valence-corrected chi connectivity index (χ0v) is 10.4. The Morgan fingerprint density at radius 3 is 2.75 bits per heavy atom. The van der Waals surface area contributed by atoms with Crippen LogP contribution in [-0.2, 0) is 5.33 Å². The second-order valence-corrected chi connectivity index (χ2v) is 4.36. The summed E-state index contributed by atoms with van der Waals surface area (Å²) in [5, 5.41) is 9.94. The SMILES string of the molecule is N#Cc1cc(I)cc(CBr)c1Cl. The molecule has 1 aromatic rings. The molecule has 0 fully saturated rings. The molecular formula is C8H4BrClIN. The van der Waals surface area contributed by atoms with Crippen LogP contribution in [0.5, 0.6) is 0 Å². The van der Waals surface area contributed by atoms with Crippen molar-refractivity contribution in [2.24, 2.45) is 0 Å². The van der Waals surface area contributed by atoms with Gasteiger partial charge in [0.2, 0.25) is 0 Å². The summed E-state index contributed by atoms with van der Waals surface area (Å²) in [7, 11) is 0. The lowest BCUT2D eigenvalue weighted by molar-refractivity contribution is 1.38. The van der Waals surface area contributed by atoms with E-state index in [0.29, 0.717) is 15.9 Å². The molecule has 0 atom stereocenters. The van der Waals surface area contributed by atoms with Gasteiger partial charge < -0.3 is 0 Å². The van der Waals surface area contributed by atoms with Crippen LogP contribution in [0.1, 0.15) is 11.1 Å². The van der Waals surface area contributed by atoms with Gasteiger partial charge in [0.15, 0.2) is 0 Å². The number of benzene rings is 1. The predicted octanol–water partition coefficient (Wildman–Crippen LogP) is 3.71. The van der Waals surface area contributed by atoms with Gasteiger partial charge >= 0.3 is 0 Å². The first-order valence-corrected chi connectivity index (χ1v) is 5.71. The molecule has 1 aromatic carbocycles. The van der Waals surface area contributed by atoms with Gasteiger partial charge in [0.1, 0.15) is 6.07 Å². The van der Waals surface area contributed by atoms with E-state index in [1.165, 1.54) is 0 Å². The molecule has 0 spiro atoms. The second kappa shape index (κ2) is 4.45. The van der Waals surface area contributed by atoms with Crippen LogP contribution in [-0.4, -0.2) is 0 Å². The quantitative estimate of drug-likeness (QED) is 0.556. The van der Waals surface area contributed by atoms with Gasteiger partial charge in [-0.1, -0.05) is 27.5 Å². The minimum absolute atomic E-state index is 0.540. The molecule has 1 nitrogen and oxygen atoms in total. The minimum atomic E-state index is 0.540. The third-order valence-electron chi connectivity index (χ3n) is 1.38. The van der Waals surface area contributed by atoms with E-state index in [1.54, 1.807) is 6.07 Å². The van der Waals surface area contributed by atoms with Crippen molar-refractivity contribution < 1.29 is 0 Å². The van der Waals surface area contributed by atoms with Gasteiger partial charge in [-0.3, -0.25) is 0 Å². The lowest BCUT2D eigenvalue weighted by atomic mass is 10.1. The molecule has 0 saturated heterocycles. The highest BCUT2D eigenvalue weighted by atomic mass is 127. The van der Waals surface area contributed by atoms with Crippen LogP contribution in [0.4, 0.5) is 0 Å². The number of nitriles is 1. The van der Waals surface area contributed by atoms with Gasteiger partial charge in [-0.15, -0.1) is 0 Å². The summed E-state index contributed by atoms with van der Waals surface area (Å²) in [6.07, 6.45) is 0. The van der Waals surface area contributed by atoms with Crippen LogP contribution >= 0.6 is 50.1 Å². The second-order valence-electron chi connectivity index (χ2n) is 2.17. The van der Waals surface area contributed by atoms with Gasteiger partial charge in [0, 0.05) is 8.90 Å². The van der Waals surface area contributed by atoms with Gasteiger partial charge in [-0.25, -0.2) is 0 Å². The minimum Gasteiger partial charge on any atom is -0.192 e. The molecule has 0 aromatic heterocycles. The Bertz CT molecular complexity index is 346. The first kappa shape index (κ1) is 10.3. The lowest BCUT2D eigenvalue weighted by Gasteiger charge is -2.02. The molecule has 0 N–H and O–H groups in total. The fourth-order valence-electron chi connectivity index (χ4n) is 0.824. The van der Waals surface area contributed by atoms with E-state index in [-0.39, 0.29) is 0 Å². The molecule has 12 heavy (non-hydrogen) atoms. The van der Waals surface area contributed by atoms with Gasteiger partial charge in [0.25, 0.3) is 0 Å². The molecule has 0 aliphatic rings. The lowest BCUT2D eigenvalue weighted by Crippen LogP contribution is -1.87. The van der Waals surface area contributed by atoms with Crippen molar-refractivity contribution in [2.45, 2.75) is 5.33 Å². The van der Waals surface area contributed by atoms with Crippen molar-refractivity contribution in [3.63, 3.8) is 0 Å². The Balaban J connectivity index is 3.34. The first-order chi connectivity index (χ1) is 5.69. The number of halogens is 3. The van der Waals surface area contributed by atoms with E-state index in [1.807, 2.05) is 6.07 Å². The van der Waals surface area contributed by atoms with Gasteiger partial charge in [-0.2, -0.15) is 5.26 Å². The Kier molecular flexibility index (Phi) is 3.81. The number of hydrogen-bond acceptors (Lipinski definition) is 1. The predicted molar refractivity (Wildman–Crippen MR) is 61.5 cm³/mol. The van der Waals surface area contributed by atoms with Gasteiger partial charge in [0.05, 0.1) is 10.6 Å². The van der Waals surface area contributed by atoms with Crippen molar-refractivity contribution in [1.82, 2.24) is 0 Å². The summed E-state index contributed by atoms with van der Waals surface area (Å²) in [5.74, 6) is 0. The molecule has 0 aliphatic heterocycles. The topological polar surface area (TPSA) is 23.8 Å². The molecule has 0 bridgehead atoms. The molecule has 0 unspecified atom stereocenters. The average Bonchev–Trinajstić information content (AvgIpc) is 2.08. The number of rotatable bonds is 1. The fourth-order valence-corrected chi connectivity index (χ4v) is 2.33. The summed E-state index contributed by atoms with van der Waals surface area (Å²) < 4.78 is 1.03. The van der Waals surface area contributed by atoms with Crippen LogP contribution in [0.25, 0.3) is 0 Å². The maximum atomic E-state index is 8.71. The van der Waals surface area contributed by atoms with Crippen molar-refractivity contribution in [2.75, 3.05) is 0 Å². The van der Waals surface area contributed by atoms with Crippen LogP contribution in [0.3, 0.4) is 0 Å². The largest absolute Gasteiger partial charge is 0.192 e. The molecule has 0 saturated carbocycles. The summed E-state index contributed by atoms with van der Waals surface area (Å²) in [6.45, 7) is 0. The fraction of sp³-hybridized carbons (Fsp3) is 0.125. The van der Waals surface area contributed by atoms with Crippen LogP contribution < -0.4 is 0 Å². The summed E-state index contributed by atoms with van der Waals surface area (Å²) in [6, 6.07) is 5.78. The molecule has 0 amide bonds. The van der Waals surface area contributed by atoms with Crippen LogP contribution in [0.15, 0.2) is 12.1 Å². The molecule has 0 heterocycles. The van der Waals surface area contributed by atoms with E-state index < -0.39 is 0 Å². The van der Waals surface area contributed by atoms with Crippen LogP contribution in [0, 0.1) is 14.9 Å². The van der Waals surface area contributed by atoms with E-state index >= 15 is 0 Å². The molecule has 4 heteroatoms. The Hall–Kier alpha value is 0.210. The first-order valence-electron chi connectivity index (χ1n) is 3.13. The highest BCUT2D eigenvalue weighted by Gasteiger charge is 2.06. The normalized spacial score (nSPS) is 9.50. The summed E-state index contributed by atoms with van der Waals surface area (Å²) in [4.78, 5) is 0. The molecule has 1 rings (SSSR count). The third-order valence-corrected chi connectivity index (χ3v) is 3.05. The van der Waals surface area contributed by atoms with Crippen molar-refractivity contribution >= 4 is 50.1 Å². The molecule has 0 aliphatic carbocycles. The van der Waals surface area contributed by atoms with E-state index in [2.05, 4.69) is 44.6 Å². The van der Waals surface area contributed by atoms with Gasteiger partial charge in [-0.05, 0) is 40.3 Å². The maximum absolute atomic E-state index is 8.71. The van der Waals surface area contributed by atoms with Crippen molar-refractivity contribution in [1.29, 1.82) is 5.26 Å². The zero-order valence-electron chi connectivity index (χ0n) is 5.94. The maximum Gasteiger partial charge on any atom is 0.101 e. The Morgan fingerprint density at radius 1 is 1.58 bits per heavy atom. The Labute approximate surface area is 98.0 Å². The zero-order chi connectivity index (χ0) is 9.14. The number of hydrogen-bond donors (Lipinski definition) is 0. The highest BCUT2D eigenvalue weighted by molar-refractivity contribution is 14.1. The monoisotopic (exact) mass is 355 g/mol. The molecular weight excluding hydrogens is 352 g/mol. The number of alkyl halides is 1. The van der Waals surface area contributed by atoms with E-state index in [0.717, 1.165) is 9.13 Å². The molecule has 0 radical (unpaired) electrons. The van der Waals surface area contributed by atoms with Crippen LogP contribution in [0.2, 0.25) is 5.02 Å². The average molecular weight is 356 g/mol. The van der Waals surface area contributed by atoms with Crippen molar-refractivity contribution in [3.8, 4) is 6.07 Å². The standard InChI is InChI=1S/C8H4BrClIN/c9-3-5-1-7(11)2-6(4-12)8(5)10/h1-2H,3H2. The summed E-state index contributed by atoms with van der Waals surface area (Å²) in [5.41, 5.74) is 1.50. The highest BCUT2D eigenvalue weighted by Crippen LogP contribution is 2.25. The summed E-state index contributed by atoms with van der Waals surface area (Å²) >= 11 is 11.4. The Morgan fingerprint density at radius 2 is 2.25 bits per heavy atom.